The topological polar surface area (TPSA) is 87.7 Å². The van der Waals surface area contributed by atoms with Crippen molar-refractivity contribution < 1.29 is 9.59 Å². The molecular weight excluding hydrogens is 364 g/mol. The van der Waals surface area contributed by atoms with Gasteiger partial charge >= 0.3 is 0 Å². The van der Waals surface area contributed by atoms with Gasteiger partial charge in [0.25, 0.3) is 0 Å². The number of H-pyrrole nitrogens is 1. The molecule has 0 spiro atoms. The van der Waals surface area contributed by atoms with Crippen LogP contribution in [-0.4, -0.2) is 32.2 Å². The number of halogens is 1. The summed E-state index contributed by atoms with van der Waals surface area (Å²) in [6.07, 6.45) is 5.50. The first-order chi connectivity index (χ1) is 13.0. The smallest absolute Gasteiger partial charge is 0.220 e. The molecule has 1 aliphatic heterocycles. The predicted molar refractivity (Wildman–Crippen MR) is 104 cm³/mol. The lowest BCUT2D eigenvalue weighted by Crippen LogP contribution is -2.38. The third kappa shape index (κ3) is 3.45. The van der Waals surface area contributed by atoms with Gasteiger partial charge < -0.3 is 10.3 Å². The zero-order valence-electron chi connectivity index (χ0n) is 14.9. The number of aromatic amines is 1. The number of fused-ring (bicyclic) bond motifs is 1. The first kappa shape index (κ1) is 17.7. The van der Waals surface area contributed by atoms with Crippen LogP contribution >= 0.6 is 11.6 Å². The largest absolute Gasteiger partial charge is 0.351 e. The lowest BCUT2D eigenvalue weighted by Gasteiger charge is -2.23. The van der Waals surface area contributed by atoms with E-state index in [2.05, 4.69) is 20.3 Å². The summed E-state index contributed by atoms with van der Waals surface area (Å²) in [5.41, 5.74) is 2.70. The minimum Gasteiger partial charge on any atom is -0.351 e. The Kier molecular flexibility index (Phi) is 4.44. The van der Waals surface area contributed by atoms with Crippen LogP contribution < -0.4 is 5.32 Å². The summed E-state index contributed by atoms with van der Waals surface area (Å²) >= 11 is 6.26. The number of hydrogen-bond acceptors (Lipinski definition) is 4. The fourth-order valence-corrected chi connectivity index (χ4v) is 3.70. The van der Waals surface area contributed by atoms with E-state index >= 15 is 0 Å². The highest BCUT2D eigenvalue weighted by Gasteiger charge is 2.33. The summed E-state index contributed by atoms with van der Waals surface area (Å²) < 4.78 is 0. The van der Waals surface area contributed by atoms with Gasteiger partial charge in [-0.2, -0.15) is 0 Å². The van der Waals surface area contributed by atoms with E-state index in [4.69, 9.17) is 11.6 Å². The van der Waals surface area contributed by atoms with Gasteiger partial charge in [-0.1, -0.05) is 29.8 Å². The van der Waals surface area contributed by atoms with Crippen molar-refractivity contribution in [3.05, 3.63) is 47.2 Å². The van der Waals surface area contributed by atoms with Crippen molar-refractivity contribution in [3.63, 3.8) is 0 Å². The highest BCUT2D eigenvalue weighted by atomic mass is 35.5. The van der Waals surface area contributed by atoms with Crippen LogP contribution in [0.2, 0.25) is 5.02 Å². The van der Waals surface area contributed by atoms with Gasteiger partial charge in [-0.25, -0.2) is 9.97 Å². The standard InChI is InChI=1S/C20H19ClN4O2/c1-20(9-7-17(27)25-20)8-6-16(26)13-10-22-19-18(13)24-15(11-23-19)12-4-2-3-5-14(12)21/h2-5,10-11H,6-9H2,1H3,(H,22,23)(H,25,27). The van der Waals surface area contributed by atoms with Crippen LogP contribution in [0.15, 0.2) is 36.7 Å². The van der Waals surface area contributed by atoms with E-state index in [1.165, 1.54) is 0 Å². The number of nitrogens with one attached hydrogen (secondary N) is 2. The molecule has 1 atom stereocenters. The second-order valence-electron chi connectivity index (χ2n) is 7.17. The van der Waals surface area contributed by atoms with Crippen LogP contribution in [0.1, 0.15) is 43.0 Å². The Balaban J connectivity index is 1.60. The number of Topliss-reactive ketones (excluding diaryl/α,β-unsaturated/α-hetero) is 1. The lowest BCUT2D eigenvalue weighted by molar-refractivity contribution is -0.119. The summed E-state index contributed by atoms with van der Waals surface area (Å²) in [6.45, 7) is 1.98. The van der Waals surface area contributed by atoms with Gasteiger partial charge in [0.15, 0.2) is 11.4 Å². The summed E-state index contributed by atoms with van der Waals surface area (Å²) in [4.78, 5) is 36.3. The number of aromatic nitrogens is 3. The van der Waals surface area contributed by atoms with Crippen LogP contribution in [-0.2, 0) is 4.79 Å². The van der Waals surface area contributed by atoms with E-state index < -0.39 is 0 Å². The SMILES string of the molecule is CC1(CCC(=O)c2c[nH]c3ncc(-c4ccccc4Cl)nc23)CCC(=O)N1. The van der Waals surface area contributed by atoms with Gasteiger partial charge in [0.05, 0.1) is 22.5 Å². The summed E-state index contributed by atoms with van der Waals surface area (Å²) in [6, 6.07) is 7.40. The molecule has 0 saturated carbocycles. The molecule has 0 radical (unpaired) electrons. The fourth-order valence-electron chi connectivity index (χ4n) is 3.47. The van der Waals surface area contributed by atoms with Crippen LogP contribution in [0, 0.1) is 0 Å². The Morgan fingerprint density at radius 1 is 1.33 bits per heavy atom. The van der Waals surface area contributed by atoms with Crippen molar-refractivity contribution in [2.24, 2.45) is 0 Å². The third-order valence-electron chi connectivity index (χ3n) is 5.08. The van der Waals surface area contributed by atoms with Gasteiger partial charge in [0, 0.05) is 30.1 Å². The number of carbonyl (C=O) groups excluding carboxylic acids is 2. The molecule has 3 aromatic rings. The highest BCUT2D eigenvalue weighted by Crippen LogP contribution is 2.29. The number of ketones is 1. The van der Waals surface area contributed by atoms with Gasteiger partial charge in [-0.3, -0.25) is 9.59 Å². The molecule has 0 aliphatic carbocycles. The molecule has 1 fully saturated rings. The maximum Gasteiger partial charge on any atom is 0.220 e. The van der Waals surface area contributed by atoms with Crippen LogP contribution in [0.25, 0.3) is 22.4 Å². The molecule has 138 valence electrons. The monoisotopic (exact) mass is 382 g/mol. The number of nitrogens with zero attached hydrogens (tertiary/aromatic N) is 2. The molecule has 4 rings (SSSR count). The Hall–Kier alpha value is -2.73. The molecule has 1 unspecified atom stereocenters. The van der Waals surface area contributed by atoms with Crippen LogP contribution in [0.5, 0.6) is 0 Å². The third-order valence-corrected chi connectivity index (χ3v) is 5.41. The fraction of sp³-hybridized carbons (Fsp3) is 0.300. The zero-order chi connectivity index (χ0) is 19.0. The van der Waals surface area contributed by atoms with E-state index in [9.17, 15) is 9.59 Å². The van der Waals surface area contributed by atoms with E-state index in [0.29, 0.717) is 46.7 Å². The van der Waals surface area contributed by atoms with Crippen LogP contribution in [0.3, 0.4) is 0 Å². The summed E-state index contributed by atoms with van der Waals surface area (Å²) in [7, 11) is 0. The maximum absolute atomic E-state index is 12.8. The quantitative estimate of drug-likeness (QED) is 0.655. The number of rotatable bonds is 5. The zero-order valence-corrected chi connectivity index (χ0v) is 15.6. The minimum absolute atomic E-state index is 0.0192. The van der Waals surface area contributed by atoms with E-state index in [-0.39, 0.29) is 17.2 Å². The molecule has 27 heavy (non-hydrogen) atoms. The van der Waals surface area contributed by atoms with Crippen molar-refractivity contribution in [1.82, 2.24) is 20.3 Å². The van der Waals surface area contributed by atoms with Crippen molar-refractivity contribution in [2.75, 3.05) is 0 Å². The van der Waals surface area contributed by atoms with Crippen molar-refractivity contribution in [3.8, 4) is 11.3 Å². The molecule has 1 amide bonds. The maximum atomic E-state index is 12.8. The molecular formula is C20H19ClN4O2. The van der Waals surface area contributed by atoms with Gasteiger partial charge in [0.2, 0.25) is 5.91 Å². The Morgan fingerprint density at radius 3 is 2.89 bits per heavy atom. The predicted octanol–water partition coefficient (Wildman–Crippen LogP) is 3.91. The van der Waals surface area contributed by atoms with Crippen molar-refractivity contribution >= 4 is 34.5 Å². The normalized spacial score (nSPS) is 19.4. The first-order valence-electron chi connectivity index (χ1n) is 8.88. The van der Waals surface area contributed by atoms with E-state index in [1.54, 1.807) is 18.5 Å². The van der Waals surface area contributed by atoms with Gasteiger partial charge in [0.1, 0.15) is 5.52 Å². The van der Waals surface area contributed by atoms with Gasteiger partial charge in [-0.05, 0) is 25.8 Å². The minimum atomic E-state index is -0.312. The molecule has 1 aliphatic rings. The van der Waals surface area contributed by atoms with Gasteiger partial charge in [-0.15, -0.1) is 0 Å². The molecule has 1 saturated heterocycles. The molecule has 3 heterocycles. The molecule has 7 heteroatoms. The Bertz CT molecular complexity index is 1050. The van der Waals surface area contributed by atoms with Crippen LogP contribution in [0.4, 0.5) is 0 Å². The van der Waals surface area contributed by atoms with Crippen molar-refractivity contribution in [1.29, 1.82) is 0 Å². The number of hydrogen-bond donors (Lipinski definition) is 2. The molecule has 2 aromatic heterocycles. The number of amides is 1. The highest BCUT2D eigenvalue weighted by molar-refractivity contribution is 6.33. The Labute approximate surface area is 161 Å². The summed E-state index contributed by atoms with van der Waals surface area (Å²) in [5.74, 6) is 0.0292. The van der Waals surface area contributed by atoms with Crippen molar-refractivity contribution in [2.45, 2.75) is 38.1 Å². The molecule has 0 bridgehead atoms. The molecule has 1 aromatic carbocycles. The average Bonchev–Trinajstić information content (AvgIpc) is 3.23. The first-order valence-corrected chi connectivity index (χ1v) is 9.26. The average molecular weight is 383 g/mol. The number of carbonyl (C=O) groups is 2. The second-order valence-corrected chi connectivity index (χ2v) is 7.57. The summed E-state index contributed by atoms with van der Waals surface area (Å²) in [5, 5.41) is 3.55. The molecule has 6 nitrogen and oxygen atoms in total. The molecule has 2 N–H and O–H groups in total. The second kappa shape index (κ2) is 6.78. The number of benzene rings is 1. The Morgan fingerprint density at radius 2 is 2.15 bits per heavy atom. The van der Waals surface area contributed by atoms with E-state index in [0.717, 1.165) is 12.0 Å². The lowest BCUT2D eigenvalue weighted by atomic mass is 9.92. The van der Waals surface area contributed by atoms with E-state index in [1.807, 2.05) is 25.1 Å².